The van der Waals surface area contributed by atoms with Crippen LogP contribution in [0.15, 0.2) is 73.1 Å². The van der Waals surface area contributed by atoms with Crippen LogP contribution in [0.3, 0.4) is 0 Å². The number of nitrogens with zero attached hydrogens (tertiary/aromatic N) is 5. The highest BCUT2D eigenvalue weighted by molar-refractivity contribution is 5.96. The van der Waals surface area contributed by atoms with E-state index in [1.165, 1.54) is 4.90 Å². The summed E-state index contributed by atoms with van der Waals surface area (Å²) in [4.78, 5) is 33.1. The molecular formula is C28H25N5O3. The van der Waals surface area contributed by atoms with Crippen LogP contribution in [0.4, 0.5) is 0 Å². The molecule has 3 heterocycles. The van der Waals surface area contributed by atoms with Crippen molar-refractivity contribution in [3.63, 3.8) is 0 Å². The van der Waals surface area contributed by atoms with E-state index in [2.05, 4.69) is 11.1 Å². The van der Waals surface area contributed by atoms with Gasteiger partial charge in [0.2, 0.25) is 5.91 Å². The molecule has 36 heavy (non-hydrogen) atoms. The molecule has 1 aliphatic rings. The number of imidazole rings is 1. The molecule has 0 atom stereocenters. The van der Waals surface area contributed by atoms with E-state index < -0.39 is 0 Å². The Balaban J connectivity index is 1.33. The van der Waals surface area contributed by atoms with E-state index in [0.717, 1.165) is 28.0 Å². The molecule has 0 N–H and O–H groups in total. The van der Waals surface area contributed by atoms with Gasteiger partial charge in [0.1, 0.15) is 5.65 Å². The van der Waals surface area contributed by atoms with E-state index in [0.29, 0.717) is 37.4 Å². The van der Waals surface area contributed by atoms with Crippen LogP contribution in [0.1, 0.15) is 15.9 Å². The van der Waals surface area contributed by atoms with Crippen molar-refractivity contribution in [2.75, 3.05) is 39.9 Å². The summed E-state index contributed by atoms with van der Waals surface area (Å²) in [5, 5.41) is 9.06. The summed E-state index contributed by atoms with van der Waals surface area (Å²) < 4.78 is 7.30. The first kappa shape index (κ1) is 23.3. The minimum absolute atomic E-state index is 0.0377. The second-order valence-electron chi connectivity index (χ2n) is 8.71. The van der Waals surface area contributed by atoms with Crippen LogP contribution in [0.5, 0.6) is 0 Å². The fourth-order valence-corrected chi connectivity index (χ4v) is 4.29. The zero-order valence-corrected chi connectivity index (χ0v) is 19.9. The average molecular weight is 480 g/mol. The van der Waals surface area contributed by atoms with Gasteiger partial charge in [0.05, 0.1) is 43.3 Å². The molecule has 4 aromatic rings. The molecule has 0 radical (unpaired) electrons. The molecule has 0 aliphatic carbocycles. The van der Waals surface area contributed by atoms with Gasteiger partial charge in [0.25, 0.3) is 5.91 Å². The second kappa shape index (κ2) is 10.0. The molecule has 0 spiro atoms. The number of carbonyl (C=O) groups excluding carboxylic acids is 2. The topological polar surface area (TPSA) is 90.9 Å². The third-order valence-electron chi connectivity index (χ3n) is 6.36. The maximum atomic E-state index is 12.9. The summed E-state index contributed by atoms with van der Waals surface area (Å²) in [7, 11) is 1.65. The normalized spacial score (nSPS) is 13.4. The molecule has 1 fully saturated rings. The largest absolute Gasteiger partial charge is 0.378 e. The van der Waals surface area contributed by atoms with Gasteiger partial charge < -0.3 is 14.5 Å². The molecule has 2 aromatic carbocycles. The van der Waals surface area contributed by atoms with E-state index in [-0.39, 0.29) is 18.4 Å². The molecule has 2 amide bonds. The van der Waals surface area contributed by atoms with Gasteiger partial charge >= 0.3 is 0 Å². The van der Waals surface area contributed by atoms with Gasteiger partial charge in [-0.1, -0.05) is 24.3 Å². The Morgan fingerprint density at radius 3 is 2.33 bits per heavy atom. The molecule has 8 nitrogen and oxygen atoms in total. The zero-order chi connectivity index (χ0) is 25.1. The number of morpholine rings is 1. The maximum absolute atomic E-state index is 12.9. The van der Waals surface area contributed by atoms with Crippen molar-refractivity contribution in [2.45, 2.75) is 0 Å². The summed E-state index contributed by atoms with van der Waals surface area (Å²) >= 11 is 0. The number of amides is 2. The molecular weight excluding hydrogens is 454 g/mol. The number of pyridine rings is 1. The lowest BCUT2D eigenvalue weighted by Gasteiger charge is -2.28. The smallest absolute Gasteiger partial charge is 0.254 e. The lowest BCUT2D eigenvalue weighted by molar-refractivity contribution is -0.135. The van der Waals surface area contributed by atoms with Gasteiger partial charge in [0, 0.05) is 37.5 Å². The van der Waals surface area contributed by atoms with E-state index in [1.54, 1.807) is 36.2 Å². The first-order valence-corrected chi connectivity index (χ1v) is 11.7. The lowest BCUT2D eigenvalue weighted by atomic mass is 10.0. The number of fused-ring (bicyclic) bond motifs is 1. The highest BCUT2D eigenvalue weighted by atomic mass is 16.5. The quantitative estimate of drug-likeness (QED) is 0.437. The van der Waals surface area contributed by atoms with E-state index in [1.807, 2.05) is 53.2 Å². The Morgan fingerprint density at radius 1 is 0.972 bits per heavy atom. The molecule has 5 rings (SSSR count). The third kappa shape index (κ3) is 4.69. The lowest BCUT2D eigenvalue weighted by Crippen LogP contribution is -2.46. The van der Waals surface area contributed by atoms with Crippen molar-refractivity contribution >= 4 is 17.5 Å². The Labute approximate surface area is 209 Å². The molecule has 0 unspecified atom stereocenters. The maximum Gasteiger partial charge on any atom is 0.254 e. The Bertz CT molecular complexity index is 1450. The van der Waals surface area contributed by atoms with Gasteiger partial charge in [0.15, 0.2) is 0 Å². The molecule has 2 aromatic heterocycles. The number of rotatable bonds is 5. The predicted molar refractivity (Wildman–Crippen MR) is 135 cm³/mol. The SMILES string of the molecule is CN(CC(=O)N1CCOCC1)C(=O)c1ccc(-c2ccc3ncc(-c4ccc(C#N)cc4)n3c2)cc1. The molecule has 1 aliphatic heterocycles. The highest BCUT2D eigenvalue weighted by Gasteiger charge is 2.21. The van der Waals surface area contributed by atoms with Crippen molar-refractivity contribution in [3.05, 3.63) is 84.2 Å². The van der Waals surface area contributed by atoms with Crippen LogP contribution in [0, 0.1) is 11.3 Å². The highest BCUT2D eigenvalue weighted by Crippen LogP contribution is 2.26. The first-order valence-electron chi connectivity index (χ1n) is 11.7. The minimum Gasteiger partial charge on any atom is -0.378 e. The van der Waals surface area contributed by atoms with Crippen LogP contribution < -0.4 is 0 Å². The summed E-state index contributed by atoms with van der Waals surface area (Å²) in [6.45, 7) is 2.22. The Hall–Kier alpha value is -4.48. The van der Waals surface area contributed by atoms with Crippen molar-refractivity contribution in [2.24, 2.45) is 0 Å². The van der Waals surface area contributed by atoms with E-state index in [4.69, 9.17) is 10.00 Å². The molecule has 0 bridgehead atoms. The van der Waals surface area contributed by atoms with Crippen LogP contribution in [-0.4, -0.2) is 70.9 Å². The molecule has 180 valence electrons. The standard InChI is InChI=1S/C28H25N5O3/c1-31(19-27(34)32-12-14-36-15-13-32)28(35)23-8-6-21(7-9-23)24-10-11-26-30-17-25(33(26)18-24)22-4-2-20(16-29)3-5-22/h2-11,17-18H,12-15,19H2,1H3. The number of hydrogen-bond acceptors (Lipinski definition) is 5. The van der Waals surface area contributed by atoms with Crippen LogP contribution in [-0.2, 0) is 9.53 Å². The van der Waals surface area contributed by atoms with Crippen LogP contribution >= 0.6 is 0 Å². The van der Waals surface area contributed by atoms with Crippen LogP contribution in [0.25, 0.3) is 28.0 Å². The van der Waals surface area contributed by atoms with Crippen molar-refractivity contribution in [3.8, 4) is 28.5 Å². The Kier molecular flexibility index (Phi) is 6.48. The van der Waals surface area contributed by atoms with Gasteiger partial charge in [-0.05, 0) is 47.5 Å². The first-order chi connectivity index (χ1) is 17.5. The number of hydrogen-bond donors (Lipinski definition) is 0. The summed E-state index contributed by atoms with van der Waals surface area (Å²) in [6.07, 6.45) is 3.83. The number of likely N-dealkylation sites (N-methyl/N-ethyl adjacent to an activating group) is 1. The molecule has 8 heteroatoms. The van der Waals surface area contributed by atoms with E-state index >= 15 is 0 Å². The van der Waals surface area contributed by atoms with Gasteiger partial charge in [-0.25, -0.2) is 4.98 Å². The average Bonchev–Trinajstić information content (AvgIpc) is 3.36. The van der Waals surface area contributed by atoms with Crippen molar-refractivity contribution in [1.29, 1.82) is 5.26 Å². The third-order valence-corrected chi connectivity index (χ3v) is 6.36. The number of ether oxygens (including phenoxy) is 1. The summed E-state index contributed by atoms with van der Waals surface area (Å²) in [6, 6.07) is 20.9. The van der Waals surface area contributed by atoms with Crippen molar-refractivity contribution < 1.29 is 14.3 Å². The van der Waals surface area contributed by atoms with Gasteiger partial charge in [-0.15, -0.1) is 0 Å². The fraction of sp³-hybridized carbons (Fsp3) is 0.214. The molecule has 0 saturated carbocycles. The van der Waals surface area contributed by atoms with Gasteiger partial charge in [-0.2, -0.15) is 5.26 Å². The number of benzene rings is 2. The predicted octanol–water partition coefficient (Wildman–Crippen LogP) is 3.47. The van der Waals surface area contributed by atoms with Crippen molar-refractivity contribution in [1.82, 2.24) is 19.2 Å². The number of aromatic nitrogens is 2. The van der Waals surface area contributed by atoms with E-state index in [9.17, 15) is 9.59 Å². The Morgan fingerprint density at radius 2 is 1.64 bits per heavy atom. The summed E-state index contributed by atoms with van der Waals surface area (Å²) in [5.41, 5.74) is 5.78. The fourth-order valence-electron chi connectivity index (χ4n) is 4.29. The second-order valence-corrected chi connectivity index (χ2v) is 8.71. The summed E-state index contributed by atoms with van der Waals surface area (Å²) in [5.74, 6) is -0.270. The monoisotopic (exact) mass is 479 g/mol. The minimum atomic E-state index is -0.198. The van der Waals surface area contributed by atoms with Crippen LogP contribution in [0.2, 0.25) is 0 Å². The number of carbonyl (C=O) groups is 2. The molecule has 1 saturated heterocycles. The van der Waals surface area contributed by atoms with Gasteiger partial charge in [-0.3, -0.25) is 14.0 Å². The number of nitriles is 1. The zero-order valence-electron chi connectivity index (χ0n) is 19.9.